The van der Waals surface area contributed by atoms with Crippen molar-refractivity contribution in [1.82, 2.24) is 4.90 Å². The van der Waals surface area contributed by atoms with E-state index in [9.17, 15) is 19.5 Å². The molecule has 0 saturated carbocycles. The minimum absolute atomic E-state index is 0.0383. The second-order valence-electron chi connectivity index (χ2n) is 22.3. The lowest BCUT2D eigenvalue weighted by atomic mass is 9.67. The van der Waals surface area contributed by atoms with E-state index < -0.39 is 30.7 Å². The zero-order valence-electron chi connectivity index (χ0n) is 42.2. The molecule has 0 spiro atoms. The smallest absolute Gasteiger partial charge is 0.261 e. The molecule has 2 amide bonds. The van der Waals surface area contributed by atoms with E-state index in [-0.39, 0.29) is 27.6 Å². The molecule has 0 radical (unpaired) electrons. The van der Waals surface area contributed by atoms with E-state index in [0.29, 0.717) is 29.1 Å². The van der Waals surface area contributed by atoms with E-state index in [0.717, 1.165) is 64.2 Å². The van der Waals surface area contributed by atoms with Gasteiger partial charge >= 0.3 is 0 Å². The molecule has 2 unspecified atom stereocenters. The molecule has 0 aromatic heterocycles. The van der Waals surface area contributed by atoms with Gasteiger partial charge in [0.1, 0.15) is 6.61 Å². The summed E-state index contributed by atoms with van der Waals surface area (Å²) in [4.78, 5) is 43.6. The summed E-state index contributed by atoms with van der Waals surface area (Å²) < 4.78 is 0. The third-order valence-electron chi connectivity index (χ3n) is 13.8. The summed E-state index contributed by atoms with van der Waals surface area (Å²) in [6.07, 6.45) is 19.2. The van der Waals surface area contributed by atoms with Gasteiger partial charge in [0, 0.05) is 28.7 Å². The number of ketones is 1. The number of aliphatic hydroxyl groups excluding tert-OH is 1. The van der Waals surface area contributed by atoms with Crippen molar-refractivity contribution in [2.75, 3.05) is 18.1 Å². The molecule has 2 aromatic rings. The highest BCUT2D eigenvalue weighted by Gasteiger charge is 2.40. The van der Waals surface area contributed by atoms with Gasteiger partial charge in [0.25, 0.3) is 11.8 Å². The minimum Gasteiger partial charge on any atom is -0.389 e. The number of anilines is 2. The molecular formula is C58H78N2O4. The molecule has 344 valence electrons. The zero-order valence-corrected chi connectivity index (χ0v) is 42.2. The van der Waals surface area contributed by atoms with Crippen molar-refractivity contribution in [3.8, 4) is 0 Å². The number of fused-ring (bicyclic) bond motifs is 3. The van der Waals surface area contributed by atoms with Crippen molar-refractivity contribution < 1.29 is 19.5 Å². The number of imide groups is 1. The van der Waals surface area contributed by atoms with Gasteiger partial charge in [-0.05, 0) is 154 Å². The molecule has 2 atom stereocenters. The van der Waals surface area contributed by atoms with Crippen molar-refractivity contribution >= 4 is 40.1 Å². The van der Waals surface area contributed by atoms with Crippen LogP contribution in [0.5, 0.6) is 0 Å². The highest BCUT2D eigenvalue weighted by Crippen LogP contribution is 2.49. The fourth-order valence-electron chi connectivity index (χ4n) is 11.1. The Bertz CT molecular complexity index is 2360. The number of hydrogen-bond acceptors (Lipinski definition) is 5. The van der Waals surface area contributed by atoms with Crippen LogP contribution < -0.4 is 4.90 Å². The first kappa shape index (κ1) is 50.2. The Kier molecular flexibility index (Phi) is 15.2. The van der Waals surface area contributed by atoms with E-state index in [1.165, 1.54) is 22.3 Å². The molecule has 0 fully saturated rings. The van der Waals surface area contributed by atoms with E-state index in [4.69, 9.17) is 0 Å². The monoisotopic (exact) mass is 867 g/mol. The molecule has 2 bridgehead atoms. The summed E-state index contributed by atoms with van der Waals surface area (Å²) in [5.74, 6) is -1.31. The SMILES string of the molecule is CC=C1c2c(ccc(N(C=CC=C(CC)C(C)(C)CC(C)(C)C)c3ccc(C(C)C(C)(C)CC(C)(C)C)cc3)c2CC)C2=C(C)C=C3C(=O)N(CC(=O)CO)C(=O)C(=C3C2)C=CC1C. The van der Waals surface area contributed by atoms with Gasteiger partial charge in [-0.3, -0.25) is 19.3 Å². The largest absolute Gasteiger partial charge is 0.389 e. The predicted molar refractivity (Wildman–Crippen MR) is 269 cm³/mol. The Morgan fingerprint density at radius 3 is 2.11 bits per heavy atom. The molecule has 64 heavy (non-hydrogen) atoms. The van der Waals surface area contributed by atoms with Gasteiger partial charge in [0.05, 0.1) is 6.54 Å². The lowest BCUT2D eigenvalue weighted by Gasteiger charge is -2.38. The van der Waals surface area contributed by atoms with Gasteiger partial charge in [0.15, 0.2) is 5.78 Å². The fourth-order valence-corrected chi connectivity index (χ4v) is 11.1. The van der Waals surface area contributed by atoms with Crippen LogP contribution >= 0.6 is 0 Å². The summed E-state index contributed by atoms with van der Waals surface area (Å²) in [5, 5.41) is 9.50. The lowest BCUT2D eigenvalue weighted by molar-refractivity contribution is -0.144. The molecule has 2 aliphatic carbocycles. The van der Waals surface area contributed by atoms with Crippen LogP contribution in [-0.2, 0) is 20.8 Å². The maximum atomic E-state index is 14.0. The van der Waals surface area contributed by atoms with E-state index in [1.807, 2.05) is 19.1 Å². The Balaban J connectivity index is 1.75. The number of allylic oxidation sites excluding steroid dienone is 9. The summed E-state index contributed by atoms with van der Waals surface area (Å²) in [6, 6.07) is 13.7. The number of hydrogen-bond donors (Lipinski definition) is 1. The van der Waals surface area contributed by atoms with Crippen molar-refractivity contribution in [1.29, 1.82) is 0 Å². The fraction of sp³-hybridized carbons (Fsp3) is 0.500. The van der Waals surface area contributed by atoms with E-state index in [1.54, 1.807) is 0 Å². The molecule has 1 aliphatic heterocycles. The number of Topliss-reactive ketones (excluding diaryl/α,β-unsaturated/α-hetero) is 1. The predicted octanol–water partition coefficient (Wildman–Crippen LogP) is 14.2. The Morgan fingerprint density at radius 1 is 0.906 bits per heavy atom. The minimum atomic E-state index is -0.735. The van der Waals surface area contributed by atoms with Gasteiger partial charge in [-0.15, -0.1) is 0 Å². The van der Waals surface area contributed by atoms with Crippen molar-refractivity contribution in [2.45, 2.75) is 149 Å². The van der Waals surface area contributed by atoms with Crippen molar-refractivity contribution in [2.24, 2.45) is 27.6 Å². The van der Waals surface area contributed by atoms with Crippen LogP contribution in [0.2, 0.25) is 0 Å². The number of carbonyl (C=O) groups excluding carboxylic acids is 3. The normalized spacial score (nSPS) is 18.9. The quantitative estimate of drug-likeness (QED) is 0.151. The van der Waals surface area contributed by atoms with Crippen LogP contribution in [0.1, 0.15) is 165 Å². The molecule has 0 saturated heterocycles. The topological polar surface area (TPSA) is 77.9 Å². The second kappa shape index (κ2) is 19.3. The standard InChI is InChI=1S/C58H78N2O4/c1-17-41(58(15,16)36-56(10,11)12)21-20-30-59(42-25-23-40(24-26-42)39(6)57(13,14)35-55(7,8)9)51-29-28-46-48-32-49-47(27-22-37(4)44(18-2)52(46)45(51)19-3)53(63)60(33-43(62)34-61)54(64)50(49)31-38(48)5/h18,20-31,37,39,61H,17,19,32-36H2,1-16H3. The van der Waals surface area contributed by atoms with Crippen LogP contribution in [0.4, 0.5) is 11.4 Å². The van der Waals surface area contributed by atoms with Gasteiger partial charge < -0.3 is 10.0 Å². The maximum absolute atomic E-state index is 14.0. The molecule has 3 aliphatic rings. The van der Waals surface area contributed by atoms with Crippen LogP contribution in [-0.4, -0.2) is 40.8 Å². The summed E-state index contributed by atoms with van der Waals surface area (Å²) in [7, 11) is 0. The molecule has 1 N–H and O–H groups in total. The number of benzene rings is 2. The van der Waals surface area contributed by atoms with Crippen molar-refractivity contribution in [3.05, 3.63) is 129 Å². The summed E-state index contributed by atoms with van der Waals surface area (Å²) >= 11 is 0. The Morgan fingerprint density at radius 2 is 1.55 bits per heavy atom. The first-order chi connectivity index (χ1) is 29.8. The average Bonchev–Trinajstić information content (AvgIpc) is 3.20. The van der Waals surface area contributed by atoms with E-state index >= 15 is 0 Å². The van der Waals surface area contributed by atoms with Crippen LogP contribution in [0.25, 0.3) is 11.1 Å². The Labute approximate surface area is 386 Å². The first-order valence-electron chi connectivity index (χ1n) is 23.7. The third-order valence-corrected chi connectivity index (χ3v) is 13.8. The average molecular weight is 867 g/mol. The van der Waals surface area contributed by atoms with Crippen molar-refractivity contribution in [3.63, 3.8) is 0 Å². The number of aliphatic hydroxyl groups is 1. The van der Waals surface area contributed by atoms with Gasteiger partial charge in [-0.1, -0.05) is 145 Å². The molecule has 2 aromatic carbocycles. The van der Waals surface area contributed by atoms with Crippen LogP contribution in [0, 0.1) is 27.6 Å². The summed E-state index contributed by atoms with van der Waals surface area (Å²) in [6.45, 7) is 35.4. The van der Waals surface area contributed by atoms with Crippen LogP contribution in [0.15, 0.2) is 107 Å². The number of rotatable bonds is 14. The van der Waals surface area contributed by atoms with Crippen LogP contribution in [0.3, 0.4) is 0 Å². The summed E-state index contributed by atoms with van der Waals surface area (Å²) in [5.41, 5.74) is 13.7. The molecule has 5 rings (SSSR count). The molecular weight excluding hydrogens is 789 g/mol. The highest BCUT2D eigenvalue weighted by molar-refractivity contribution is 6.20. The van der Waals surface area contributed by atoms with Gasteiger partial charge in [0.2, 0.25) is 0 Å². The van der Waals surface area contributed by atoms with E-state index in [2.05, 4.69) is 176 Å². The van der Waals surface area contributed by atoms with Gasteiger partial charge in [-0.25, -0.2) is 0 Å². The third kappa shape index (κ3) is 10.8. The second-order valence-corrected chi connectivity index (χ2v) is 22.3. The maximum Gasteiger partial charge on any atom is 0.261 e. The first-order valence-corrected chi connectivity index (χ1v) is 23.7. The zero-order chi connectivity index (χ0) is 47.7. The number of nitrogens with zero attached hydrogens (tertiary/aromatic N) is 2. The van der Waals surface area contributed by atoms with Gasteiger partial charge in [-0.2, -0.15) is 0 Å². The molecule has 6 heteroatoms. The lowest BCUT2D eigenvalue weighted by Crippen LogP contribution is -2.46. The molecule has 6 nitrogen and oxygen atoms in total. The highest BCUT2D eigenvalue weighted by atomic mass is 16.3. The Hall–Kier alpha value is -4.81. The molecule has 1 heterocycles. The number of carbonyl (C=O) groups is 3. The number of amides is 2.